The topological polar surface area (TPSA) is 76.7 Å². The van der Waals surface area contributed by atoms with Gasteiger partial charge in [-0.15, -0.1) is 6.07 Å². The van der Waals surface area contributed by atoms with Gasteiger partial charge >= 0.3 is 0 Å². The maximum Gasteiger partial charge on any atom is 0.148 e. The molecule has 8 rings (SSSR count). The summed E-state index contributed by atoms with van der Waals surface area (Å²) in [4.78, 5) is 20.0. The van der Waals surface area contributed by atoms with E-state index in [1.807, 2.05) is 18.5 Å². The number of fused-ring (bicyclic) bond motifs is 2. The zero-order valence-electron chi connectivity index (χ0n) is 39.0. The minimum absolute atomic E-state index is 0. The first-order chi connectivity index (χ1) is 29.2. The van der Waals surface area contributed by atoms with Crippen molar-refractivity contribution in [2.45, 2.75) is 118 Å². The van der Waals surface area contributed by atoms with E-state index in [2.05, 4.69) is 173 Å². The van der Waals surface area contributed by atoms with Crippen LogP contribution in [0.3, 0.4) is 0 Å². The molecule has 0 bridgehead atoms. The zero-order chi connectivity index (χ0) is 44.5. The van der Waals surface area contributed by atoms with Crippen molar-refractivity contribution in [3.8, 4) is 56.2 Å². The summed E-state index contributed by atoms with van der Waals surface area (Å²) in [6.45, 7) is 29.0. The van der Waals surface area contributed by atoms with Gasteiger partial charge in [0.1, 0.15) is 11.6 Å². The Balaban J connectivity index is 0.00000595. The van der Waals surface area contributed by atoms with Gasteiger partial charge in [-0.2, -0.15) is 0 Å². The van der Waals surface area contributed by atoms with E-state index in [1.54, 1.807) is 18.5 Å². The molecule has 0 atom stereocenters. The second-order valence-electron chi connectivity index (χ2n) is 20.7. The Kier molecular flexibility index (Phi) is 12.2. The van der Waals surface area contributed by atoms with Gasteiger partial charge in [-0.05, 0) is 116 Å². The van der Waals surface area contributed by atoms with Gasteiger partial charge < -0.3 is 10.1 Å². The van der Waals surface area contributed by atoms with Crippen LogP contribution in [0.15, 0.2) is 110 Å². The molecule has 0 amide bonds. The van der Waals surface area contributed by atoms with E-state index in [1.165, 1.54) is 16.7 Å². The van der Waals surface area contributed by atoms with Gasteiger partial charge in [0, 0.05) is 39.1 Å². The minimum Gasteiger partial charge on any atom is -0.507 e. The maximum atomic E-state index is 11.7. The average Bonchev–Trinajstić information content (AvgIpc) is 3.61. The van der Waals surface area contributed by atoms with Crippen LogP contribution in [-0.4, -0.2) is 29.6 Å². The molecular formula is C56H60N5OPt-. The Morgan fingerprint density at radius 1 is 0.556 bits per heavy atom. The van der Waals surface area contributed by atoms with Crippen LogP contribution in [0.2, 0.25) is 0 Å². The maximum absolute atomic E-state index is 11.7. The minimum atomic E-state index is -0.151. The van der Waals surface area contributed by atoms with Crippen LogP contribution in [0.25, 0.3) is 72.5 Å². The van der Waals surface area contributed by atoms with Crippen molar-refractivity contribution in [3.63, 3.8) is 0 Å². The fraction of sp³-hybridized carbons (Fsp3) is 0.321. The molecule has 63 heavy (non-hydrogen) atoms. The number of rotatable bonds is 7. The summed E-state index contributed by atoms with van der Waals surface area (Å²) in [5.41, 5.74) is 16.5. The van der Waals surface area contributed by atoms with Gasteiger partial charge in [-0.3, -0.25) is 14.5 Å². The van der Waals surface area contributed by atoms with Gasteiger partial charge in [0.15, 0.2) is 0 Å². The van der Waals surface area contributed by atoms with E-state index in [9.17, 15) is 5.11 Å². The molecule has 6 nitrogen and oxygen atoms in total. The van der Waals surface area contributed by atoms with E-state index < -0.39 is 0 Å². The molecule has 1 N–H and O–H groups in total. The van der Waals surface area contributed by atoms with Crippen molar-refractivity contribution in [1.82, 2.24) is 24.5 Å². The molecule has 8 aromatic rings. The molecule has 0 spiro atoms. The van der Waals surface area contributed by atoms with Crippen LogP contribution in [0.4, 0.5) is 0 Å². The van der Waals surface area contributed by atoms with Crippen LogP contribution in [-0.2, 0) is 37.3 Å². The van der Waals surface area contributed by atoms with Crippen molar-refractivity contribution in [2.24, 2.45) is 0 Å². The summed E-state index contributed by atoms with van der Waals surface area (Å²) in [6.07, 6.45) is 7.26. The summed E-state index contributed by atoms with van der Waals surface area (Å²) in [6, 6.07) is 34.4. The number of benzene rings is 5. The molecule has 3 aromatic heterocycles. The molecule has 3 heterocycles. The van der Waals surface area contributed by atoms with E-state index >= 15 is 0 Å². The van der Waals surface area contributed by atoms with Crippen molar-refractivity contribution < 1.29 is 26.2 Å². The standard InChI is InChI=1S/C56H60N5O.Pt/c1-33(2)35-22-36(34(3)4)24-37(23-35)38-26-45(39-25-40(32-57-31-39)46-29-43(56(11,12)13)30-48-51(46)59-21-20-58-48)52-49(27-38)61(44-17-14-41(15-18-44)54(5,6)7)53(60-52)47-28-42(55(8,9)10)16-19-50(47)62;/h14-24,26-34,62H,1-13H3;/q-1;. The third kappa shape index (κ3) is 9.02. The molecule has 326 valence electrons. The third-order valence-electron chi connectivity index (χ3n) is 12.2. The fourth-order valence-corrected chi connectivity index (χ4v) is 8.18. The van der Waals surface area contributed by atoms with Crippen LogP contribution >= 0.6 is 0 Å². The predicted octanol–water partition coefficient (Wildman–Crippen LogP) is 14.7. The molecule has 0 aliphatic carbocycles. The van der Waals surface area contributed by atoms with Crippen LogP contribution in [0, 0.1) is 6.07 Å². The number of hydrogen-bond donors (Lipinski definition) is 1. The number of aromatic hydroxyl groups is 1. The Hall–Kier alpha value is -5.45. The monoisotopic (exact) mass is 1010 g/mol. The molecule has 5 aromatic carbocycles. The zero-order valence-corrected chi connectivity index (χ0v) is 41.3. The number of nitrogens with zero attached hydrogens (tertiary/aromatic N) is 5. The van der Waals surface area contributed by atoms with Crippen molar-refractivity contribution in [2.75, 3.05) is 0 Å². The molecule has 0 radical (unpaired) electrons. The number of pyridine rings is 1. The van der Waals surface area contributed by atoms with Gasteiger partial charge in [0.05, 0.1) is 27.6 Å². The molecule has 0 aliphatic rings. The first-order valence-corrected chi connectivity index (χ1v) is 22.0. The SMILES string of the molecule is CC(C)c1cc(-c2cc(-c3[c-]c(-c4cc(C(C)(C)C)cc5nccnc45)cnc3)c3nc(-c4cc(C(C)(C)C)ccc4O)n(-c4ccc(C(C)(C)C)cc4)c3c2)cc(C(C)C)c1.[Pt]. The number of phenols is 1. The Morgan fingerprint density at radius 3 is 1.68 bits per heavy atom. The quantitative estimate of drug-likeness (QED) is 0.161. The van der Waals surface area contributed by atoms with Crippen molar-refractivity contribution >= 4 is 22.1 Å². The summed E-state index contributed by atoms with van der Waals surface area (Å²) < 4.78 is 2.22. The number of imidazole rings is 1. The van der Waals surface area contributed by atoms with E-state index in [0.29, 0.717) is 23.2 Å². The second kappa shape index (κ2) is 16.9. The predicted molar refractivity (Wildman–Crippen MR) is 258 cm³/mol. The van der Waals surface area contributed by atoms with Crippen molar-refractivity contribution in [1.29, 1.82) is 0 Å². The van der Waals surface area contributed by atoms with E-state index in [-0.39, 0.29) is 43.1 Å². The van der Waals surface area contributed by atoms with Gasteiger partial charge in [-0.25, -0.2) is 4.98 Å². The molecule has 0 unspecified atom stereocenters. The van der Waals surface area contributed by atoms with Gasteiger partial charge in [0.2, 0.25) is 0 Å². The van der Waals surface area contributed by atoms with Crippen molar-refractivity contribution in [3.05, 3.63) is 144 Å². The smallest absolute Gasteiger partial charge is 0.148 e. The Morgan fingerprint density at radius 2 is 1.10 bits per heavy atom. The summed E-state index contributed by atoms with van der Waals surface area (Å²) in [5.74, 6) is 1.54. The fourth-order valence-electron chi connectivity index (χ4n) is 8.18. The Bertz CT molecular complexity index is 2950. The summed E-state index contributed by atoms with van der Waals surface area (Å²) in [5, 5.41) is 11.7. The second-order valence-corrected chi connectivity index (χ2v) is 20.7. The molecule has 0 saturated carbocycles. The van der Waals surface area contributed by atoms with E-state index in [0.717, 1.165) is 72.3 Å². The average molecular weight is 1010 g/mol. The first-order valence-electron chi connectivity index (χ1n) is 22.0. The number of hydrogen-bond acceptors (Lipinski definition) is 5. The largest absolute Gasteiger partial charge is 0.507 e. The molecule has 0 aliphatic heterocycles. The van der Waals surface area contributed by atoms with E-state index in [4.69, 9.17) is 19.9 Å². The number of phenolic OH excluding ortho intramolecular Hbond substituents is 1. The van der Waals surface area contributed by atoms with Crippen LogP contribution < -0.4 is 0 Å². The summed E-state index contributed by atoms with van der Waals surface area (Å²) >= 11 is 0. The van der Waals surface area contributed by atoms with Gasteiger partial charge in [-0.1, -0.05) is 161 Å². The first kappa shape index (κ1) is 45.6. The molecule has 7 heteroatoms. The summed E-state index contributed by atoms with van der Waals surface area (Å²) in [7, 11) is 0. The number of aromatic nitrogens is 5. The van der Waals surface area contributed by atoms with Crippen LogP contribution in [0.1, 0.15) is 130 Å². The molecule has 0 fully saturated rings. The molecule has 0 saturated heterocycles. The van der Waals surface area contributed by atoms with Crippen LogP contribution in [0.5, 0.6) is 5.75 Å². The molecular weight excluding hydrogens is 954 g/mol. The third-order valence-corrected chi connectivity index (χ3v) is 12.2. The van der Waals surface area contributed by atoms with Gasteiger partial charge in [0.25, 0.3) is 0 Å². The normalized spacial score (nSPS) is 12.4. The Labute approximate surface area is 388 Å².